The van der Waals surface area contributed by atoms with Crippen molar-refractivity contribution in [2.24, 2.45) is 11.7 Å². The molecule has 4 rings (SSSR count). The van der Waals surface area contributed by atoms with E-state index in [9.17, 15) is 4.79 Å². The molecule has 0 aliphatic heterocycles. The summed E-state index contributed by atoms with van der Waals surface area (Å²) >= 11 is 0. The number of carbonyl (C=O) groups is 1. The van der Waals surface area contributed by atoms with Crippen molar-refractivity contribution < 1.29 is 14.3 Å². The van der Waals surface area contributed by atoms with Crippen molar-refractivity contribution in [1.29, 1.82) is 0 Å². The van der Waals surface area contributed by atoms with Crippen LogP contribution in [0.2, 0.25) is 0 Å². The van der Waals surface area contributed by atoms with Gasteiger partial charge in [0.25, 0.3) is 0 Å². The van der Waals surface area contributed by atoms with Crippen LogP contribution < -0.4 is 15.2 Å². The summed E-state index contributed by atoms with van der Waals surface area (Å²) in [4.78, 5) is 12.6. The molecule has 2 aromatic carbocycles. The zero-order valence-electron chi connectivity index (χ0n) is 16.2. The average molecular weight is 414 g/mol. The molecule has 0 bridgehead atoms. The second kappa shape index (κ2) is 9.11. The van der Waals surface area contributed by atoms with E-state index < -0.39 is 0 Å². The number of carbonyl (C=O) groups excluding carboxylic acids is 1. The normalized spacial score (nSPS) is 12.9. The number of nitrogens with zero attached hydrogens (tertiary/aromatic N) is 2. The minimum Gasteiger partial charge on any atom is -0.497 e. The first-order valence-electron chi connectivity index (χ1n) is 9.41. The van der Waals surface area contributed by atoms with Crippen LogP contribution in [0.3, 0.4) is 0 Å². The molecule has 6 nitrogen and oxygen atoms in total. The molecule has 7 heteroatoms. The third kappa shape index (κ3) is 4.60. The number of benzene rings is 2. The molecule has 0 amide bonds. The van der Waals surface area contributed by atoms with Crippen molar-refractivity contribution in [1.82, 2.24) is 9.78 Å². The molecular formula is C22H24ClN3O3. The predicted molar refractivity (Wildman–Crippen MR) is 114 cm³/mol. The van der Waals surface area contributed by atoms with Crippen LogP contribution in [-0.4, -0.2) is 35.8 Å². The minimum atomic E-state index is 0. The van der Waals surface area contributed by atoms with Crippen LogP contribution in [0.1, 0.15) is 23.3 Å². The highest BCUT2D eigenvalue weighted by Crippen LogP contribution is 2.34. The number of Topliss-reactive ketones (excluding diaryl/α,β-unsaturated/α-hetero) is 1. The van der Waals surface area contributed by atoms with Gasteiger partial charge in [0.15, 0.2) is 5.78 Å². The summed E-state index contributed by atoms with van der Waals surface area (Å²) in [5.41, 5.74) is 8.68. The van der Waals surface area contributed by atoms with Gasteiger partial charge in [0.1, 0.15) is 23.8 Å². The Kier molecular flexibility index (Phi) is 6.56. The maximum atomic E-state index is 12.6. The third-order valence-electron chi connectivity index (χ3n) is 4.76. The SMILES string of the molecule is COc1ccc(-n2nc(C(=O)C3CC3)cc2-c2ccc(OCCN)cc2)cc1.Cl. The number of rotatable bonds is 8. The maximum absolute atomic E-state index is 12.6. The zero-order valence-corrected chi connectivity index (χ0v) is 17.0. The highest BCUT2D eigenvalue weighted by atomic mass is 35.5. The number of aromatic nitrogens is 2. The lowest BCUT2D eigenvalue weighted by atomic mass is 10.1. The van der Waals surface area contributed by atoms with Gasteiger partial charge < -0.3 is 15.2 Å². The van der Waals surface area contributed by atoms with Crippen LogP contribution in [0.5, 0.6) is 11.5 Å². The standard InChI is InChI=1S/C22H23N3O3.ClH/c1-27-18-10-6-17(7-11-18)25-21(14-20(24-25)22(26)16-2-3-16)15-4-8-19(9-5-15)28-13-12-23;/h4-11,14,16H,2-3,12-13,23H2,1H3;1H. The van der Waals surface area contributed by atoms with Crippen molar-refractivity contribution in [2.75, 3.05) is 20.3 Å². The Morgan fingerprint density at radius 3 is 2.34 bits per heavy atom. The Bertz CT molecular complexity index is 964. The van der Waals surface area contributed by atoms with Crippen LogP contribution in [0.4, 0.5) is 0 Å². The number of ether oxygens (including phenoxy) is 2. The Balaban J connectivity index is 0.00000240. The van der Waals surface area contributed by atoms with E-state index in [1.54, 1.807) is 7.11 Å². The molecule has 0 unspecified atom stereocenters. The number of hydrogen-bond donors (Lipinski definition) is 1. The van der Waals surface area contributed by atoms with Gasteiger partial charge in [-0.2, -0.15) is 5.10 Å². The summed E-state index contributed by atoms with van der Waals surface area (Å²) < 4.78 is 12.6. The van der Waals surface area contributed by atoms with E-state index in [2.05, 4.69) is 5.10 Å². The van der Waals surface area contributed by atoms with Crippen molar-refractivity contribution in [3.63, 3.8) is 0 Å². The quantitative estimate of drug-likeness (QED) is 0.566. The lowest BCUT2D eigenvalue weighted by Crippen LogP contribution is -2.10. The van der Waals surface area contributed by atoms with E-state index in [1.807, 2.05) is 59.3 Å². The first-order valence-corrected chi connectivity index (χ1v) is 9.41. The number of ketones is 1. The molecule has 1 aliphatic carbocycles. The van der Waals surface area contributed by atoms with Crippen molar-refractivity contribution >= 4 is 18.2 Å². The molecule has 3 aromatic rings. The summed E-state index contributed by atoms with van der Waals surface area (Å²) in [6, 6.07) is 17.2. The van der Waals surface area contributed by atoms with Gasteiger partial charge in [0.05, 0.1) is 18.5 Å². The van der Waals surface area contributed by atoms with Gasteiger partial charge in [-0.15, -0.1) is 12.4 Å². The molecule has 1 fully saturated rings. The molecule has 29 heavy (non-hydrogen) atoms. The molecule has 152 valence electrons. The van der Waals surface area contributed by atoms with Crippen molar-refractivity contribution in [2.45, 2.75) is 12.8 Å². The van der Waals surface area contributed by atoms with E-state index in [1.165, 1.54) is 0 Å². The fraction of sp³-hybridized carbons (Fsp3) is 0.273. The van der Waals surface area contributed by atoms with Crippen molar-refractivity contribution in [3.05, 3.63) is 60.3 Å². The van der Waals surface area contributed by atoms with E-state index >= 15 is 0 Å². The van der Waals surface area contributed by atoms with Crippen LogP contribution in [-0.2, 0) is 0 Å². The summed E-state index contributed by atoms with van der Waals surface area (Å²) in [5.74, 6) is 1.78. The number of hydrogen-bond acceptors (Lipinski definition) is 5. The van der Waals surface area contributed by atoms with Gasteiger partial charge in [-0.1, -0.05) is 0 Å². The number of nitrogens with two attached hydrogens (primary N) is 1. The third-order valence-corrected chi connectivity index (χ3v) is 4.76. The molecule has 0 atom stereocenters. The topological polar surface area (TPSA) is 79.4 Å². The average Bonchev–Trinajstić information content (AvgIpc) is 3.50. The van der Waals surface area contributed by atoms with Crippen LogP contribution in [0, 0.1) is 5.92 Å². The Labute approximate surface area is 176 Å². The monoisotopic (exact) mass is 413 g/mol. The molecule has 0 saturated heterocycles. The molecule has 1 aliphatic rings. The summed E-state index contributed by atoms with van der Waals surface area (Å²) in [7, 11) is 1.63. The Hall–Kier alpha value is -2.83. The van der Waals surface area contributed by atoms with E-state index in [-0.39, 0.29) is 24.1 Å². The molecule has 1 aromatic heterocycles. The number of methoxy groups -OCH3 is 1. The molecule has 0 spiro atoms. The van der Waals surface area contributed by atoms with E-state index in [0.29, 0.717) is 18.8 Å². The minimum absolute atomic E-state index is 0. The first kappa shape index (κ1) is 20.9. The second-order valence-corrected chi connectivity index (χ2v) is 6.82. The maximum Gasteiger partial charge on any atom is 0.186 e. The smallest absolute Gasteiger partial charge is 0.186 e. The highest BCUT2D eigenvalue weighted by Gasteiger charge is 2.32. The molecular weight excluding hydrogens is 390 g/mol. The first-order chi connectivity index (χ1) is 13.7. The highest BCUT2D eigenvalue weighted by molar-refractivity contribution is 5.98. The van der Waals surface area contributed by atoms with Crippen molar-refractivity contribution in [3.8, 4) is 28.4 Å². The van der Waals surface area contributed by atoms with E-state index in [0.717, 1.165) is 41.3 Å². The largest absolute Gasteiger partial charge is 0.497 e. The van der Waals surface area contributed by atoms with Gasteiger partial charge in [0, 0.05) is 18.0 Å². The van der Waals surface area contributed by atoms with Gasteiger partial charge in [-0.25, -0.2) is 4.68 Å². The molecule has 1 heterocycles. The van der Waals surface area contributed by atoms with Gasteiger partial charge in [-0.3, -0.25) is 4.79 Å². The van der Waals surface area contributed by atoms with Crippen LogP contribution >= 0.6 is 12.4 Å². The second-order valence-electron chi connectivity index (χ2n) is 6.82. The lowest BCUT2D eigenvalue weighted by molar-refractivity contribution is 0.0962. The molecule has 0 radical (unpaired) electrons. The molecule has 1 saturated carbocycles. The van der Waals surface area contributed by atoms with Gasteiger partial charge in [-0.05, 0) is 67.4 Å². The fourth-order valence-corrected chi connectivity index (χ4v) is 3.08. The van der Waals surface area contributed by atoms with E-state index in [4.69, 9.17) is 15.2 Å². The Morgan fingerprint density at radius 2 is 1.76 bits per heavy atom. The zero-order chi connectivity index (χ0) is 19.5. The van der Waals surface area contributed by atoms with Crippen LogP contribution in [0.15, 0.2) is 54.6 Å². The fourth-order valence-electron chi connectivity index (χ4n) is 3.08. The summed E-state index contributed by atoms with van der Waals surface area (Å²) in [6.07, 6.45) is 1.91. The summed E-state index contributed by atoms with van der Waals surface area (Å²) in [5, 5.41) is 4.62. The molecule has 2 N–H and O–H groups in total. The van der Waals surface area contributed by atoms with Gasteiger partial charge in [0.2, 0.25) is 0 Å². The predicted octanol–water partition coefficient (Wildman–Crippen LogP) is 3.90. The Morgan fingerprint density at radius 1 is 1.10 bits per heavy atom. The summed E-state index contributed by atoms with van der Waals surface area (Å²) in [6.45, 7) is 0.946. The van der Waals surface area contributed by atoms with Crippen LogP contribution in [0.25, 0.3) is 16.9 Å². The van der Waals surface area contributed by atoms with Gasteiger partial charge >= 0.3 is 0 Å². The lowest BCUT2D eigenvalue weighted by Gasteiger charge is -2.10. The number of halogens is 1.